The molecule has 7 nitrogen and oxygen atoms in total. The molecule has 3 heterocycles. The van der Waals surface area contributed by atoms with Crippen LogP contribution in [0.2, 0.25) is 5.02 Å². The molecular weight excluding hydrogens is 478 g/mol. The van der Waals surface area contributed by atoms with Gasteiger partial charge in [-0.25, -0.2) is 0 Å². The highest BCUT2D eigenvalue weighted by Crippen LogP contribution is 2.26. The number of likely N-dealkylation sites (tertiary alicyclic amines) is 1. The number of ether oxygens (including phenoxy) is 2. The second kappa shape index (κ2) is 11.1. The minimum Gasteiger partial charge on any atom is -0.376 e. The van der Waals surface area contributed by atoms with Crippen LogP contribution < -0.4 is 0 Å². The number of ketones is 1. The molecule has 1 amide bonds. The molecule has 0 unspecified atom stereocenters. The van der Waals surface area contributed by atoms with Crippen molar-refractivity contribution in [3.63, 3.8) is 0 Å². The van der Waals surface area contributed by atoms with Crippen molar-refractivity contribution in [1.29, 1.82) is 0 Å². The van der Waals surface area contributed by atoms with Crippen molar-refractivity contribution in [2.75, 3.05) is 32.9 Å². The molecular formula is C28H32ClN3O4. The van der Waals surface area contributed by atoms with Crippen LogP contribution >= 0.6 is 11.6 Å². The molecule has 190 valence electrons. The summed E-state index contributed by atoms with van der Waals surface area (Å²) >= 11 is 5.95. The summed E-state index contributed by atoms with van der Waals surface area (Å²) in [6, 6.07) is 10.9. The van der Waals surface area contributed by atoms with Gasteiger partial charge in [0.1, 0.15) is 0 Å². The highest BCUT2D eigenvalue weighted by molar-refractivity contribution is 6.30. The van der Waals surface area contributed by atoms with Crippen molar-refractivity contribution < 1.29 is 19.1 Å². The zero-order chi connectivity index (χ0) is 25.1. The van der Waals surface area contributed by atoms with Crippen LogP contribution in [0, 0.1) is 12.8 Å². The van der Waals surface area contributed by atoms with E-state index in [1.165, 1.54) is 0 Å². The normalized spacial score (nSPS) is 19.1. The van der Waals surface area contributed by atoms with E-state index in [-0.39, 0.29) is 17.8 Å². The molecule has 2 saturated heterocycles. The van der Waals surface area contributed by atoms with Crippen LogP contribution in [0.1, 0.15) is 52.0 Å². The zero-order valence-electron chi connectivity index (χ0n) is 20.6. The van der Waals surface area contributed by atoms with Crippen LogP contribution in [-0.4, -0.2) is 65.4 Å². The number of hydrogen-bond acceptors (Lipinski definition) is 5. The van der Waals surface area contributed by atoms with Gasteiger partial charge in [-0.2, -0.15) is 5.10 Å². The highest BCUT2D eigenvalue weighted by atomic mass is 35.5. The molecule has 36 heavy (non-hydrogen) atoms. The molecule has 2 aliphatic heterocycles. The third kappa shape index (κ3) is 5.64. The third-order valence-corrected chi connectivity index (χ3v) is 7.58. The van der Waals surface area contributed by atoms with E-state index in [0.29, 0.717) is 49.2 Å². The average Bonchev–Trinajstić information content (AvgIpc) is 3.32. The number of benzene rings is 2. The number of rotatable bonds is 7. The van der Waals surface area contributed by atoms with E-state index in [0.717, 1.165) is 54.5 Å². The Labute approximate surface area is 216 Å². The van der Waals surface area contributed by atoms with E-state index < -0.39 is 0 Å². The molecule has 0 bridgehead atoms. The number of halogens is 1. The maximum absolute atomic E-state index is 12.9. The Kier molecular flexibility index (Phi) is 7.70. The van der Waals surface area contributed by atoms with Gasteiger partial charge in [-0.3, -0.25) is 14.3 Å². The summed E-state index contributed by atoms with van der Waals surface area (Å²) in [5, 5.41) is 6.43. The standard InChI is InChI=1S/C28H32ClN3O4/c1-19-24(27(33)9-6-23-18-35-14-15-36-23)7-8-26-25(19)17-32(30-26)16-20-10-12-31(13-11-20)28(34)21-2-4-22(29)5-3-21/h2-5,7-8,17,20,23H,6,9-16,18H2,1H3/t23-/m1/s1. The van der Waals surface area contributed by atoms with E-state index in [1.54, 1.807) is 24.3 Å². The van der Waals surface area contributed by atoms with E-state index in [4.69, 9.17) is 26.2 Å². The van der Waals surface area contributed by atoms with Gasteiger partial charge in [0, 0.05) is 53.8 Å². The summed E-state index contributed by atoms with van der Waals surface area (Å²) in [5.41, 5.74) is 3.32. The lowest BCUT2D eigenvalue weighted by Crippen LogP contribution is -2.39. The Morgan fingerprint density at radius 3 is 2.58 bits per heavy atom. The summed E-state index contributed by atoms with van der Waals surface area (Å²) in [4.78, 5) is 27.6. The number of carbonyl (C=O) groups is 2. The Balaban J connectivity index is 1.18. The number of aryl methyl sites for hydroxylation is 1. The van der Waals surface area contributed by atoms with Crippen molar-refractivity contribution in [3.8, 4) is 0 Å². The molecule has 0 radical (unpaired) electrons. The van der Waals surface area contributed by atoms with Crippen molar-refractivity contribution in [2.24, 2.45) is 5.92 Å². The Morgan fingerprint density at radius 1 is 1.08 bits per heavy atom. The molecule has 0 N–H and O–H groups in total. The van der Waals surface area contributed by atoms with Crippen LogP contribution in [0.3, 0.4) is 0 Å². The number of hydrogen-bond donors (Lipinski definition) is 0. The van der Waals surface area contributed by atoms with Gasteiger partial charge in [0.2, 0.25) is 0 Å². The van der Waals surface area contributed by atoms with Crippen LogP contribution in [0.15, 0.2) is 42.6 Å². The molecule has 0 saturated carbocycles. The smallest absolute Gasteiger partial charge is 0.253 e. The first-order valence-electron chi connectivity index (χ1n) is 12.7. The number of fused-ring (bicyclic) bond motifs is 1. The fourth-order valence-electron chi connectivity index (χ4n) is 5.16. The molecule has 3 aromatic rings. The zero-order valence-corrected chi connectivity index (χ0v) is 21.4. The van der Waals surface area contributed by atoms with E-state index in [1.807, 2.05) is 28.6 Å². The summed E-state index contributed by atoms with van der Waals surface area (Å²) in [6.45, 7) is 6.07. The van der Waals surface area contributed by atoms with Crippen LogP contribution in [0.25, 0.3) is 10.9 Å². The Hall–Kier alpha value is -2.74. The summed E-state index contributed by atoms with van der Waals surface area (Å²) in [7, 11) is 0. The fourth-order valence-corrected chi connectivity index (χ4v) is 5.29. The van der Waals surface area contributed by atoms with Crippen molar-refractivity contribution in [1.82, 2.24) is 14.7 Å². The van der Waals surface area contributed by atoms with Crippen LogP contribution in [0.4, 0.5) is 0 Å². The highest BCUT2D eigenvalue weighted by Gasteiger charge is 2.25. The largest absolute Gasteiger partial charge is 0.376 e. The maximum atomic E-state index is 12.9. The number of piperidine rings is 1. The van der Waals surface area contributed by atoms with Gasteiger partial charge < -0.3 is 14.4 Å². The first-order valence-corrected chi connectivity index (χ1v) is 13.1. The van der Waals surface area contributed by atoms with E-state index in [2.05, 4.69) is 6.20 Å². The third-order valence-electron chi connectivity index (χ3n) is 7.32. The van der Waals surface area contributed by atoms with Gasteiger partial charge in [-0.05, 0) is 74.1 Å². The molecule has 2 fully saturated rings. The molecule has 8 heteroatoms. The number of Topliss-reactive ketones (excluding diaryl/α,β-unsaturated/α-hetero) is 1. The second-order valence-corrected chi connectivity index (χ2v) is 10.2. The summed E-state index contributed by atoms with van der Waals surface area (Å²) in [5.74, 6) is 0.645. The molecule has 5 rings (SSSR count). The van der Waals surface area contributed by atoms with Gasteiger partial charge in [-0.15, -0.1) is 0 Å². The monoisotopic (exact) mass is 509 g/mol. The summed E-state index contributed by atoms with van der Waals surface area (Å²) in [6.07, 6.45) is 5.06. The minimum atomic E-state index is 0.00221. The lowest BCUT2D eigenvalue weighted by Gasteiger charge is -2.32. The van der Waals surface area contributed by atoms with Gasteiger partial charge in [-0.1, -0.05) is 11.6 Å². The first kappa shape index (κ1) is 24.9. The fraction of sp³-hybridized carbons (Fsp3) is 0.464. The maximum Gasteiger partial charge on any atom is 0.253 e. The van der Waals surface area contributed by atoms with E-state index in [9.17, 15) is 9.59 Å². The van der Waals surface area contributed by atoms with Gasteiger partial charge >= 0.3 is 0 Å². The predicted octanol–water partition coefficient (Wildman–Crippen LogP) is 4.93. The molecule has 2 aliphatic rings. The lowest BCUT2D eigenvalue weighted by atomic mass is 9.96. The number of amides is 1. The van der Waals surface area contributed by atoms with Crippen molar-refractivity contribution >= 4 is 34.2 Å². The molecule has 1 aromatic heterocycles. The SMILES string of the molecule is Cc1c(C(=O)CC[C@@H]2COCCO2)ccc2nn(CC3CCN(C(=O)c4ccc(Cl)cc4)CC3)cc12. The van der Waals surface area contributed by atoms with Crippen LogP contribution in [0.5, 0.6) is 0 Å². The van der Waals surface area contributed by atoms with Crippen molar-refractivity contribution in [3.05, 3.63) is 64.3 Å². The summed E-state index contributed by atoms with van der Waals surface area (Å²) < 4.78 is 13.1. The number of nitrogens with zero attached hydrogens (tertiary/aromatic N) is 3. The number of carbonyl (C=O) groups excluding carboxylic acids is 2. The van der Waals surface area contributed by atoms with Crippen LogP contribution in [-0.2, 0) is 16.0 Å². The van der Waals surface area contributed by atoms with Gasteiger partial charge in [0.15, 0.2) is 5.78 Å². The molecule has 0 aliphatic carbocycles. The average molecular weight is 510 g/mol. The van der Waals surface area contributed by atoms with Gasteiger partial charge in [0.25, 0.3) is 5.91 Å². The predicted molar refractivity (Wildman–Crippen MR) is 139 cm³/mol. The minimum absolute atomic E-state index is 0.00221. The second-order valence-electron chi connectivity index (χ2n) is 9.79. The topological polar surface area (TPSA) is 73.7 Å². The quantitative estimate of drug-likeness (QED) is 0.422. The first-order chi connectivity index (χ1) is 17.5. The molecule has 2 aromatic carbocycles. The number of aromatic nitrogens is 2. The molecule has 1 atom stereocenters. The molecule has 0 spiro atoms. The van der Waals surface area contributed by atoms with Gasteiger partial charge in [0.05, 0.1) is 31.4 Å². The Morgan fingerprint density at radius 2 is 1.86 bits per heavy atom. The lowest BCUT2D eigenvalue weighted by molar-refractivity contribution is -0.0902. The van der Waals surface area contributed by atoms with E-state index >= 15 is 0 Å². The van der Waals surface area contributed by atoms with Crippen molar-refractivity contribution in [2.45, 2.75) is 45.3 Å². The Bertz CT molecular complexity index is 1230.